The first kappa shape index (κ1) is 14.0. The summed E-state index contributed by atoms with van der Waals surface area (Å²) in [7, 11) is 0. The molecule has 1 fully saturated rings. The van der Waals surface area contributed by atoms with Gasteiger partial charge >= 0.3 is 0 Å². The molecule has 98 valence electrons. The second-order valence-corrected chi connectivity index (χ2v) is 6.19. The number of rotatable bonds is 3. The molecular weight excluding hydrogens is 216 g/mol. The van der Waals surface area contributed by atoms with Crippen molar-refractivity contribution in [2.24, 2.45) is 11.3 Å². The molecule has 0 aliphatic carbocycles. The predicted molar refractivity (Wildman–Crippen MR) is 67.4 cm³/mol. The van der Waals surface area contributed by atoms with Crippen LogP contribution >= 0.6 is 0 Å². The summed E-state index contributed by atoms with van der Waals surface area (Å²) in [6.07, 6.45) is 0.889. The van der Waals surface area contributed by atoms with E-state index in [1.807, 2.05) is 13.8 Å². The lowest BCUT2D eigenvalue weighted by Gasteiger charge is -2.38. The van der Waals surface area contributed by atoms with Crippen LogP contribution in [-0.4, -0.2) is 35.8 Å². The second kappa shape index (κ2) is 5.07. The maximum Gasteiger partial charge on any atom is 0.245 e. The topological polar surface area (TPSA) is 49.4 Å². The molecule has 1 heterocycles. The quantitative estimate of drug-likeness (QED) is 0.810. The number of amides is 2. The van der Waals surface area contributed by atoms with E-state index in [0.717, 1.165) is 6.42 Å². The van der Waals surface area contributed by atoms with Gasteiger partial charge in [-0.15, -0.1) is 0 Å². The summed E-state index contributed by atoms with van der Waals surface area (Å²) in [5.74, 6) is 0.210. The molecule has 0 aromatic carbocycles. The molecule has 0 aromatic heterocycles. The van der Waals surface area contributed by atoms with Gasteiger partial charge in [-0.25, -0.2) is 0 Å². The molecule has 1 aliphatic rings. The summed E-state index contributed by atoms with van der Waals surface area (Å²) in [6.45, 7) is 11.1. The Bertz CT molecular complexity index is 307. The third kappa shape index (κ3) is 3.72. The largest absolute Gasteiger partial charge is 0.342 e. The molecule has 0 radical (unpaired) electrons. The van der Waals surface area contributed by atoms with Gasteiger partial charge in [0.2, 0.25) is 11.8 Å². The van der Waals surface area contributed by atoms with E-state index >= 15 is 0 Å². The smallest absolute Gasteiger partial charge is 0.245 e. The zero-order chi connectivity index (χ0) is 13.2. The number of hydrogen-bond donors (Lipinski definition) is 1. The number of carbonyl (C=O) groups excluding carboxylic acids is 2. The third-order valence-electron chi connectivity index (χ3n) is 3.11. The second-order valence-electron chi connectivity index (χ2n) is 6.19. The highest BCUT2D eigenvalue weighted by molar-refractivity contribution is 5.95. The third-order valence-corrected chi connectivity index (χ3v) is 3.11. The van der Waals surface area contributed by atoms with Crippen LogP contribution in [0.2, 0.25) is 0 Å². The van der Waals surface area contributed by atoms with Crippen molar-refractivity contribution in [1.82, 2.24) is 10.2 Å². The number of hydrogen-bond acceptors (Lipinski definition) is 2. The summed E-state index contributed by atoms with van der Waals surface area (Å²) in [6, 6.07) is -0.344. The van der Waals surface area contributed by atoms with Gasteiger partial charge in [-0.3, -0.25) is 9.59 Å². The van der Waals surface area contributed by atoms with Crippen molar-refractivity contribution in [3.8, 4) is 0 Å². The Morgan fingerprint density at radius 2 is 2.00 bits per heavy atom. The zero-order valence-electron chi connectivity index (χ0n) is 11.5. The Morgan fingerprint density at radius 3 is 2.47 bits per heavy atom. The minimum absolute atomic E-state index is 0.0211. The van der Waals surface area contributed by atoms with Gasteiger partial charge < -0.3 is 10.2 Å². The summed E-state index contributed by atoms with van der Waals surface area (Å²) in [5, 5.41) is 2.80. The standard InChI is InChI=1S/C13H24N2O2/c1-6-9(2)11-12(17)15(7-10(16)14-11)8-13(3,4)5/h9,11H,6-8H2,1-5H3,(H,14,16). The normalized spacial score (nSPS) is 23.6. The average molecular weight is 240 g/mol. The van der Waals surface area contributed by atoms with Gasteiger partial charge in [-0.1, -0.05) is 41.0 Å². The molecule has 4 heteroatoms. The van der Waals surface area contributed by atoms with Crippen molar-refractivity contribution in [1.29, 1.82) is 0 Å². The summed E-state index contributed by atoms with van der Waals surface area (Å²) in [4.78, 5) is 25.6. The highest BCUT2D eigenvalue weighted by Gasteiger charge is 2.36. The lowest BCUT2D eigenvalue weighted by molar-refractivity contribution is -0.147. The van der Waals surface area contributed by atoms with Gasteiger partial charge in [-0.2, -0.15) is 0 Å². The van der Waals surface area contributed by atoms with E-state index in [4.69, 9.17) is 0 Å². The van der Waals surface area contributed by atoms with Crippen LogP contribution in [0.3, 0.4) is 0 Å². The van der Waals surface area contributed by atoms with Crippen molar-refractivity contribution in [2.45, 2.75) is 47.1 Å². The Kier molecular flexibility index (Phi) is 4.17. The van der Waals surface area contributed by atoms with Crippen LogP contribution in [0.4, 0.5) is 0 Å². The minimum atomic E-state index is -0.344. The molecule has 1 saturated heterocycles. The van der Waals surface area contributed by atoms with Crippen LogP contribution in [-0.2, 0) is 9.59 Å². The van der Waals surface area contributed by atoms with E-state index in [2.05, 4.69) is 26.1 Å². The summed E-state index contributed by atoms with van der Waals surface area (Å²) < 4.78 is 0. The molecule has 0 bridgehead atoms. The van der Waals surface area contributed by atoms with E-state index in [1.54, 1.807) is 4.90 Å². The highest BCUT2D eigenvalue weighted by atomic mass is 16.2. The first-order valence-corrected chi connectivity index (χ1v) is 6.32. The van der Waals surface area contributed by atoms with Crippen molar-refractivity contribution < 1.29 is 9.59 Å². The van der Waals surface area contributed by atoms with Crippen LogP contribution in [0, 0.1) is 11.3 Å². The van der Waals surface area contributed by atoms with E-state index in [0.29, 0.717) is 6.54 Å². The molecular formula is C13H24N2O2. The van der Waals surface area contributed by atoms with Gasteiger partial charge in [0.25, 0.3) is 0 Å². The van der Waals surface area contributed by atoms with Crippen LogP contribution in [0.25, 0.3) is 0 Å². The fourth-order valence-electron chi connectivity index (χ4n) is 2.06. The molecule has 4 nitrogen and oxygen atoms in total. The van der Waals surface area contributed by atoms with Gasteiger partial charge in [0.15, 0.2) is 0 Å². The number of nitrogens with one attached hydrogen (secondary N) is 1. The van der Waals surface area contributed by atoms with Gasteiger partial charge in [0.05, 0.1) is 6.54 Å². The molecule has 1 N–H and O–H groups in total. The van der Waals surface area contributed by atoms with E-state index in [1.165, 1.54) is 0 Å². The Balaban J connectivity index is 2.79. The molecule has 0 saturated carbocycles. The molecule has 2 unspecified atom stereocenters. The maximum absolute atomic E-state index is 12.3. The fourth-order valence-corrected chi connectivity index (χ4v) is 2.06. The van der Waals surface area contributed by atoms with Crippen LogP contribution in [0.5, 0.6) is 0 Å². The van der Waals surface area contributed by atoms with Crippen LogP contribution in [0.15, 0.2) is 0 Å². The molecule has 0 spiro atoms. The number of carbonyl (C=O) groups is 2. The highest BCUT2D eigenvalue weighted by Crippen LogP contribution is 2.20. The molecule has 2 atom stereocenters. The van der Waals surface area contributed by atoms with Gasteiger partial charge in [0.1, 0.15) is 6.04 Å². The molecule has 1 aliphatic heterocycles. The van der Waals surface area contributed by atoms with Crippen LogP contribution < -0.4 is 5.32 Å². The minimum Gasteiger partial charge on any atom is -0.342 e. The Labute approximate surface area is 104 Å². The zero-order valence-corrected chi connectivity index (χ0v) is 11.5. The van der Waals surface area contributed by atoms with Crippen LogP contribution in [0.1, 0.15) is 41.0 Å². The summed E-state index contributed by atoms with van der Waals surface area (Å²) >= 11 is 0. The molecule has 0 aromatic rings. The lowest BCUT2D eigenvalue weighted by atomic mass is 9.92. The molecule has 1 rings (SSSR count). The van der Waals surface area contributed by atoms with E-state index in [-0.39, 0.29) is 35.7 Å². The van der Waals surface area contributed by atoms with Crippen molar-refractivity contribution >= 4 is 11.8 Å². The summed E-state index contributed by atoms with van der Waals surface area (Å²) in [5.41, 5.74) is 0.0211. The lowest BCUT2D eigenvalue weighted by Crippen LogP contribution is -2.61. The van der Waals surface area contributed by atoms with Gasteiger partial charge in [-0.05, 0) is 11.3 Å². The molecule has 2 amide bonds. The Morgan fingerprint density at radius 1 is 1.41 bits per heavy atom. The first-order valence-electron chi connectivity index (χ1n) is 6.32. The monoisotopic (exact) mass is 240 g/mol. The average Bonchev–Trinajstić information content (AvgIpc) is 2.19. The molecule has 17 heavy (non-hydrogen) atoms. The van der Waals surface area contributed by atoms with Crippen molar-refractivity contribution in [3.63, 3.8) is 0 Å². The van der Waals surface area contributed by atoms with E-state index in [9.17, 15) is 9.59 Å². The maximum atomic E-state index is 12.3. The Hall–Kier alpha value is -1.06. The van der Waals surface area contributed by atoms with E-state index < -0.39 is 0 Å². The van der Waals surface area contributed by atoms with Gasteiger partial charge in [0, 0.05) is 6.54 Å². The first-order chi connectivity index (χ1) is 7.74. The number of nitrogens with zero attached hydrogens (tertiary/aromatic N) is 1. The van der Waals surface area contributed by atoms with Crippen molar-refractivity contribution in [3.05, 3.63) is 0 Å². The fraction of sp³-hybridized carbons (Fsp3) is 0.846. The number of piperazine rings is 1. The predicted octanol–water partition coefficient (Wildman–Crippen LogP) is 1.41. The van der Waals surface area contributed by atoms with Crippen molar-refractivity contribution in [2.75, 3.05) is 13.1 Å². The SMILES string of the molecule is CCC(C)C1NC(=O)CN(CC(C)(C)C)C1=O.